The van der Waals surface area contributed by atoms with Crippen molar-refractivity contribution in [1.82, 2.24) is 0 Å². The highest BCUT2D eigenvalue weighted by molar-refractivity contribution is 6.45. The topological polar surface area (TPSA) is 111 Å². The molecule has 8 nitrogen and oxygen atoms in total. The maximum Gasteiger partial charge on any atom is 0.338 e. The van der Waals surface area contributed by atoms with E-state index >= 15 is 0 Å². The Morgan fingerprint density at radius 3 is 1.20 bits per heavy atom. The molecule has 0 saturated heterocycles. The summed E-state index contributed by atoms with van der Waals surface area (Å²) in [6, 6.07) is 14.0. The normalized spacial score (nSPS) is 17.2. The number of hydrogen-bond donors (Lipinski definition) is 0. The van der Waals surface area contributed by atoms with Crippen LogP contribution < -0.4 is 0 Å². The first-order chi connectivity index (χ1) is 19.3. The molecule has 2 saturated carbocycles. The van der Waals surface area contributed by atoms with Crippen LogP contribution in [0.15, 0.2) is 58.8 Å². The van der Waals surface area contributed by atoms with Crippen LogP contribution in [0.2, 0.25) is 0 Å². The summed E-state index contributed by atoms with van der Waals surface area (Å²) in [6.07, 6.45) is 9.54. The molecule has 0 radical (unpaired) electrons. The van der Waals surface area contributed by atoms with Gasteiger partial charge < -0.3 is 9.68 Å². The molecular formula is C32H36N2O6. The van der Waals surface area contributed by atoms with Crippen molar-refractivity contribution in [3.8, 4) is 11.1 Å². The van der Waals surface area contributed by atoms with Crippen molar-refractivity contribution in [3.63, 3.8) is 0 Å². The molecule has 0 unspecified atom stereocenters. The Kier molecular flexibility index (Phi) is 10.1. The second kappa shape index (κ2) is 13.9. The highest BCUT2D eigenvalue weighted by Gasteiger charge is 2.24. The van der Waals surface area contributed by atoms with E-state index in [4.69, 9.17) is 9.68 Å². The third-order valence-electron chi connectivity index (χ3n) is 7.71. The van der Waals surface area contributed by atoms with Crippen LogP contribution in [0, 0.1) is 11.8 Å². The van der Waals surface area contributed by atoms with Gasteiger partial charge in [0.05, 0.1) is 11.8 Å². The van der Waals surface area contributed by atoms with Crippen LogP contribution in [0.25, 0.3) is 11.1 Å². The number of carbonyl (C=O) groups excluding carboxylic acids is 4. The van der Waals surface area contributed by atoms with Crippen LogP contribution in [-0.4, -0.2) is 34.9 Å². The Bertz CT molecular complexity index is 1180. The molecule has 2 aromatic carbocycles. The fourth-order valence-electron chi connectivity index (χ4n) is 5.18. The van der Waals surface area contributed by atoms with E-state index < -0.39 is 0 Å². The molecule has 210 valence electrons. The number of oxime groups is 2. The molecule has 2 fully saturated rings. The van der Waals surface area contributed by atoms with Crippen molar-refractivity contribution in [2.45, 2.75) is 78.1 Å². The van der Waals surface area contributed by atoms with Gasteiger partial charge in [0, 0.05) is 11.1 Å². The quantitative estimate of drug-likeness (QED) is 0.150. The van der Waals surface area contributed by atoms with Crippen LogP contribution in [0.1, 0.15) is 98.8 Å². The minimum atomic E-state index is -0.369. The smallest absolute Gasteiger partial charge is 0.318 e. The van der Waals surface area contributed by atoms with E-state index in [2.05, 4.69) is 10.3 Å². The van der Waals surface area contributed by atoms with E-state index in [1.165, 1.54) is 13.8 Å². The van der Waals surface area contributed by atoms with E-state index in [1.807, 2.05) is 24.3 Å². The summed E-state index contributed by atoms with van der Waals surface area (Å²) in [5, 5.41) is 7.58. The maximum atomic E-state index is 12.7. The minimum absolute atomic E-state index is 0.112. The average molecular weight is 545 g/mol. The lowest BCUT2D eigenvalue weighted by atomic mass is 9.89. The lowest BCUT2D eigenvalue weighted by molar-refractivity contribution is -0.150. The van der Waals surface area contributed by atoms with Gasteiger partial charge in [-0.2, -0.15) is 0 Å². The largest absolute Gasteiger partial charge is 0.338 e. The number of nitrogens with zero attached hydrogens (tertiary/aromatic N) is 2. The van der Waals surface area contributed by atoms with Crippen LogP contribution in [-0.2, 0) is 19.3 Å². The van der Waals surface area contributed by atoms with Gasteiger partial charge in [0.1, 0.15) is 11.4 Å². The summed E-state index contributed by atoms with van der Waals surface area (Å²) < 4.78 is 0. The predicted molar refractivity (Wildman–Crippen MR) is 152 cm³/mol. The summed E-state index contributed by atoms with van der Waals surface area (Å²) in [6.45, 7) is 3.06. The second-order valence-electron chi connectivity index (χ2n) is 10.7. The van der Waals surface area contributed by atoms with Gasteiger partial charge in [-0.3, -0.25) is 9.59 Å². The zero-order valence-electron chi connectivity index (χ0n) is 23.2. The summed E-state index contributed by atoms with van der Waals surface area (Å²) in [7, 11) is 0. The molecule has 0 spiro atoms. The van der Waals surface area contributed by atoms with Crippen LogP contribution >= 0.6 is 0 Å². The number of Topliss-reactive ketones (excluding diaryl/α,β-unsaturated/α-hetero) is 2. The van der Waals surface area contributed by atoms with Crippen LogP contribution in [0.5, 0.6) is 0 Å². The number of carbonyl (C=O) groups is 4. The number of hydrogen-bond acceptors (Lipinski definition) is 8. The van der Waals surface area contributed by atoms with Gasteiger partial charge in [0.2, 0.25) is 11.6 Å². The molecule has 0 atom stereocenters. The Balaban J connectivity index is 1.33. The third-order valence-corrected chi connectivity index (χ3v) is 7.71. The molecule has 0 bridgehead atoms. The van der Waals surface area contributed by atoms with Crippen molar-refractivity contribution >= 4 is 34.9 Å². The van der Waals surface area contributed by atoms with E-state index in [0.29, 0.717) is 11.1 Å². The Labute approximate surface area is 234 Å². The van der Waals surface area contributed by atoms with Crippen molar-refractivity contribution < 1.29 is 28.9 Å². The van der Waals surface area contributed by atoms with Crippen molar-refractivity contribution in [2.75, 3.05) is 0 Å². The first-order valence-electron chi connectivity index (χ1n) is 14.1. The van der Waals surface area contributed by atoms with Gasteiger partial charge in [-0.1, -0.05) is 97.4 Å². The minimum Gasteiger partial charge on any atom is -0.318 e. The van der Waals surface area contributed by atoms with Crippen molar-refractivity contribution in [1.29, 1.82) is 0 Å². The van der Waals surface area contributed by atoms with Gasteiger partial charge >= 0.3 is 11.9 Å². The lowest BCUT2D eigenvalue weighted by Crippen LogP contribution is -2.20. The zero-order valence-corrected chi connectivity index (χ0v) is 23.2. The van der Waals surface area contributed by atoms with Gasteiger partial charge in [-0.05, 0) is 50.7 Å². The molecule has 40 heavy (non-hydrogen) atoms. The SMILES string of the molecule is CC(=NOC(=O)C1CCCCC1)C(=O)c1ccc(-c2ccc(C(=O)C(C)=NOC(=O)C3CCCCC3)cc2)cc1. The Morgan fingerprint density at radius 2 is 0.875 bits per heavy atom. The molecule has 2 aliphatic carbocycles. The molecule has 2 aromatic rings. The summed E-state index contributed by atoms with van der Waals surface area (Å²) in [5.74, 6) is -1.65. The van der Waals surface area contributed by atoms with Crippen LogP contribution in [0.4, 0.5) is 0 Å². The van der Waals surface area contributed by atoms with Gasteiger partial charge in [-0.25, -0.2) is 9.59 Å². The third kappa shape index (κ3) is 7.58. The van der Waals surface area contributed by atoms with Crippen molar-refractivity contribution in [3.05, 3.63) is 59.7 Å². The zero-order chi connectivity index (χ0) is 28.5. The highest BCUT2D eigenvalue weighted by Crippen LogP contribution is 2.26. The first-order valence-corrected chi connectivity index (χ1v) is 14.1. The Morgan fingerprint density at radius 1 is 0.550 bits per heavy atom. The summed E-state index contributed by atoms with van der Waals surface area (Å²) in [4.78, 5) is 60.0. The molecule has 2 aliphatic rings. The van der Waals surface area contributed by atoms with E-state index in [1.54, 1.807) is 24.3 Å². The summed E-state index contributed by atoms with van der Waals surface area (Å²) >= 11 is 0. The number of rotatable bonds is 9. The molecule has 0 heterocycles. The highest BCUT2D eigenvalue weighted by atomic mass is 16.7. The fourth-order valence-corrected chi connectivity index (χ4v) is 5.18. The van der Waals surface area contributed by atoms with Crippen molar-refractivity contribution in [2.24, 2.45) is 22.1 Å². The van der Waals surface area contributed by atoms with E-state index in [-0.39, 0.29) is 46.8 Å². The lowest BCUT2D eigenvalue weighted by Gasteiger charge is -2.18. The van der Waals surface area contributed by atoms with Gasteiger partial charge in [-0.15, -0.1) is 0 Å². The van der Waals surface area contributed by atoms with E-state index in [0.717, 1.165) is 75.3 Å². The number of benzene rings is 2. The van der Waals surface area contributed by atoms with Crippen LogP contribution in [0.3, 0.4) is 0 Å². The maximum absolute atomic E-state index is 12.7. The molecular weight excluding hydrogens is 508 g/mol. The molecule has 0 aliphatic heterocycles. The average Bonchev–Trinajstić information content (AvgIpc) is 3.02. The molecule has 8 heteroatoms. The molecule has 0 amide bonds. The molecule has 0 N–H and O–H groups in total. The predicted octanol–water partition coefficient (Wildman–Crippen LogP) is 6.72. The summed E-state index contributed by atoms with van der Waals surface area (Å²) in [5.41, 5.74) is 2.81. The number of ketones is 2. The van der Waals surface area contributed by atoms with E-state index in [9.17, 15) is 19.2 Å². The van der Waals surface area contributed by atoms with Gasteiger partial charge in [0.15, 0.2) is 0 Å². The van der Waals surface area contributed by atoms with Gasteiger partial charge in [0.25, 0.3) is 0 Å². The standard InChI is InChI=1S/C32H36N2O6/c1-21(33-39-31(37)27-9-5-3-6-10-27)29(35)25-17-13-23(14-18-25)24-15-19-26(20-16-24)30(36)22(2)34-40-32(38)28-11-7-4-8-12-28/h13-20,27-28H,3-12H2,1-2H3. The second-order valence-corrected chi connectivity index (χ2v) is 10.7. The molecule has 4 rings (SSSR count). The monoisotopic (exact) mass is 544 g/mol. The Hall–Kier alpha value is -3.94. The fraction of sp³-hybridized carbons (Fsp3) is 0.438. The molecule has 0 aromatic heterocycles. The first kappa shape index (κ1) is 29.1.